The fourth-order valence-electron chi connectivity index (χ4n) is 2.66. The second kappa shape index (κ2) is 4.70. The van der Waals surface area contributed by atoms with E-state index in [1.54, 1.807) is 7.11 Å². The van der Waals surface area contributed by atoms with Crippen LogP contribution < -0.4 is 10.5 Å². The lowest BCUT2D eigenvalue weighted by Gasteiger charge is -2.30. The molecule has 0 unspecified atom stereocenters. The van der Waals surface area contributed by atoms with Crippen molar-refractivity contribution < 1.29 is 4.74 Å². The maximum Gasteiger partial charge on any atom is 0.128 e. The molecule has 2 aromatic rings. The van der Waals surface area contributed by atoms with Gasteiger partial charge in [-0.05, 0) is 31.9 Å². The summed E-state index contributed by atoms with van der Waals surface area (Å²) >= 11 is 0. The highest BCUT2D eigenvalue weighted by Gasteiger charge is 2.30. The second-order valence-electron chi connectivity index (χ2n) is 5.22. The lowest BCUT2D eigenvalue weighted by molar-refractivity contribution is 0.340. The zero-order valence-corrected chi connectivity index (χ0v) is 11.3. The number of hydrogen-bond acceptors (Lipinski definition) is 3. The Balaban J connectivity index is 1.96. The summed E-state index contributed by atoms with van der Waals surface area (Å²) in [6.07, 6.45) is 2.05. The summed E-state index contributed by atoms with van der Waals surface area (Å²) in [6.45, 7) is 2.05. The summed E-state index contributed by atoms with van der Waals surface area (Å²) in [4.78, 5) is 8.15. The van der Waals surface area contributed by atoms with E-state index < -0.39 is 0 Å². The van der Waals surface area contributed by atoms with E-state index in [0.717, 1.165) is 41.4 Å². The number of nitrogens with one attached hydrogen (secondary N) is 1. The van der Waals surface area contributed by atoms with Crippen LogP contribution >= 0.6 is 0 Å². The molecule has 4 heteroatoms. The van der Waals surface area contributed by atoms with E-state index in [9.17, 15) is 0 Å². The van der Waals surface area contributed by atoms with Crippen LogP contribution in [0.5, 0.6) is 5.75 Å². The van der Waals surface area contributed by atoms with Crippen LogP contribution in [0.3, 0.4) is 0 Å². The number of hydrogen-bond donors (Lipinski definition) is 2. The highest BCUT2D eigenvalue weighted by Crippen LogP contribution is 2.37. The van der Waals surface area contributed by atoms with Crippen LogP contribution in [0.1, 0.15) is 30.3 Å². The van der Waals surface area contributed by atoms with Crippen molar-refractivity contribution >= 4 is 0 Å². The van der Waals surface area contributed by atoms with Crippen molar-refractivity contribution in [3.63, 3.8) is 0 Å². The molecule has 1 aromatic carbocycles. The molecule has 0 atom stereocenters. The molecule has 0 spiro atoms. The lowest BCUT2D eigenvalue weighted by Crippen LogP contribution is -2.35. The third-order valence-corrected chi connectivity index (χ3v) is 3.83. The topological polar surface area (TPSA) is 63.9 Å². The van der Waals surface area contributed by atoms with Gasteiger partial charge in [0, 0.05) is 23.2 Å². The maximum absolute atomic E-state index is 5.85. The molecule has 0 amide bonds. The first-order valence-electron chi connectivity index (χ1n) is 6.64. The number of aromatic nitrogens is 2. The molecule has 1 aromatic heterocycles. The van der Waals surface area contributed by atoms with Crippen LogP contribution in [0.25, 0.3) is 11.3 Å². The predicted octanol–water partition coefficient (Wildman–Crippen LogP) is 2.60. The number of nitrogens with two attached hydrogens (primary N) is 1. The van der Waals surface area contributed by atoms with Gasteiger partial charge < -0.3 is 15.5 Å². The normalized spacial score (nSPS) is 22.1. The Bertz CT molecular complexity index is 585. The number of benzene rings is 1. The monoisotopic (exact) mass is 257 g/mol. The third-order valence-electron chi connectivity index (χ3n) is 3.83. The summed E-state index contributed by atoms with van der Waals surface area (Å²) in [6, 6.07) is 8.31. The molecule has 1 aliphatic rings. The van der Waals surface area contributed by atoms with E-state index in [1.807, 2.05) is 24.3 Å². The zero-order valence-electron chi connectivity index (χ0n) is 11.3. The van der Waals surface area contributed by atoms with E-state index in [2.05, 4.69) is 11.9 Å². The largest absolute Gasteiger partial charge is 0.496 e. The number of methoxy groups -OCH3 is 1. The number of para-hydroxylation sites is 1. The van der Waals surface area contributed by atoms with Crippen LogP contribution in [0.2, 0.25) is 0 Å². The van der Waals surface area contributed by atoms with E-state index in [4.69, 9.17) is 15.5 Å². The molecule has 3 N–H and O–H groups in total. The fourth-order valence-corrected chi connectivity index (χ4v) is 2.66. The van der Waals surface area contributed by atoms with E-state index in [-0.39, 0.29) is 0 Å². The average Bonchev–Trinajstić information content (AvgIpc) is 2.76. The molecule has 3 rings (SSSR count). The van der Waals surface area contributed by atoms with Crippen molar-refractivity contribution in [3.8, 4) is 17.0 Å². The quantitative estimate of drug-likeness (QED) is 0.888. The van der Waals surface area contributed by atoms with Gasteiger partial charge in [-0.2, -0.15) is 0 Å². The molecule has 0 radical (unpaired) electrons. The van der Waals surface area contributed by atoms with E-state index in [0.29, 0.717) is 12.0 Å². The van der Waals surface area contributed by atoms with Crippen molar-refractivity contribution in [1.29, 1.82) is 0 Å². The molecule has 4 nitrogen and oxygen atoms in total. The number of aryl methyl sites for hydroxylation is 1. The predicted molar refractivity (Wildman–Crippen MR) is 75.3 cm³/mol. The molecule has 1 saturated carbocycles. The molecule has 19 heavy (non-hydrogen) atoms. The highest BCUT2D eigenvalue weighted by atomic mass is 16.5. The van der Waals surface area contributed by atoms with Crippen molar-refractivity contribution in [2.24, 2.45) is 5.73 Å². The number of aromatic amines is 1. The first-order chi connectivity index (χ1) is 9.19. The van der Waals surface area contributed by atoms with Gasteiger partial charge in [0.05, 0.1) is 12.8 Å². The first-order valence-corrected chi connectivity index (χ1v) is 6.64. The molecular weight excluding hydrogens is 238 g/mol. The fraction of sp³-hybridized carbons (Fsp3) is 0.400. The standard InChI is InChI=1S/C15H19N3O/c1-9-14(12-5-3-4-6-13(12)19-2)18-15(17-9)10-7-11(16)8-10/h3-6,10-11H,7-8,16H2,1-2H3,(H,17,18). The number of imidazole rings is 1. The Morgan fingerprint density at radius 1 is 1.32 bits per heavy atom. The summed E-state index contributed by atoms with van der Waals surface area (Å²) in [5.74, 6) is 2.39. The Morgan fingerprint density at radius 3 is 2.74 bits per heavy atom. The van der Waals surface area contributed by atoms with Crippen molar-refractivity contribution in [2.45, 2.75) is 31.7 Å². The number of nitrogens with zero attached hydrogens (tertiary/aromatic N) is 1. The zero-order chi connectivity index (χ0) is 13.4. The molecule has 1 aliphatic carbocycles. The summed E-state index contributed by atoms with van der Waals surface area (Å²) in [5.41, 5.74) is 8.94. The Hall–Kier alpha value is -1.81. The van der Waals surface area contributed by atoms with Crippen LogP contribution in [-0.4, -0.2) is 23.1 Å². The number of H-pyrrole nitrogens is 1. The Labute approximate surface area is 113 Å². The average molecular weight is 257 g/mol. The molecule has 1 heterocycles. The molecule has 0 aliphatic heterocycles. The summed E-state index contributed by atoms with van der Waals surface area (Å²) in [7, 11) is 1.69. The minimum Gasteiger partial charge on any atom is -0.496 e. The second-order valence-corrected chi connectivity index (χ2v) is 5.22. The smallest absolute Gasteiger partial charge is 0.128 e. The van der Waals surface area contributed by atoms with E-state index in [1.165, 1.54) is 0 Å². The van der Waals surface area contributed by atoms with Crippen LogP contribution in [-0.2, 0) is 0 Å². The molecule has 0 saturated heterocycles. The van der Waals surface area contributed by atoms with Crippen molar-refractivity contribution in [2.75, 3.05) is 7.11 Å². The van der Waals surface area contributed by atoms with Crippen LogP contribution in [0.4, 0.5) is 0 Å². The van der Waals surface area contributed by atoms with E-state index >= 15 is 0 Å². The van der Waals surface area contributed by atoms with Gasteiger partial charge >= 0.3 is 0 Å². The lowest BCUT2D eigenvalue weighted by atomic mass is 9.80. The van der Waals surface area contributed by atoms with Gasteiger partial charge in [0.1, 0.15) is 11.6 Å². The minimum atomic E-state index is 0.338. The van der Waals surface area contributed by atoms with Crippen LogP contribution in [0.15, 0.2) is 24.3 Å². The highest BCUT2D eigenvalue weighted by molar-refractivity contribution is 5.69. The maximum atomic E-state index is 5.85. The Morgan fingerprint density at radius 2 is 2.05 bits per heavy atom. The van der Waals surface area contributed by atoms with Crippen molar-refractivity contribution in [1.82, 2.24) is 9.97 Å². The molecule has 100 valence electrons. The Kier molecular flexibility index (Phi) is 3.03. The minimum absolute atomic E-state index is 0.338. The van der Waals surface area contributed by atoms with Gasteiger partial charge in [-0.25, -0.2) is 4.98 Å². The SMILES string of the molecule is COc1ccccc1-c1nc(C2CC(N)C2)[nH]c1C. The van der Waals surface area contributed by atoms with Gasteiger partial charge in [-0.3, -0.25) is 0 Å². The van der Waals surface area contributed by atoms with Gasteiger partial charge in [0.2, 0.25) is 0 Å². The summed E-state index contributed by atoms with van der Waals surface area (Å²) in [5, 5.41) is 0. The van der Waals surface area contributed by atoms with Crippen LogP contribution in [0, 0.1) is 6.92 Å². The number of rotatable bonds is 3. The van der Waals surface area contributed by atoms with Gasteiger partial charge in [0.25, 0.3) is 0 Å². The summed E-state index contributed by atoms with van der Waals surface area (Å²) < 4.78 is 5.41. The molecular formula is C15H19N3O. The first kappa shape index (κ1) is 12.2. The van der Waals surface area contributed by atoms with Crippen molar-refractivity contribution in [3.05, 3.63) is 35.8 Å². The third kappa shape index (κ3) is 2.12. The van der Waals surface area contributed by atoms with Gasteiger partial charge in [-0.1, -0.05) is 12.1 Å². The van der Waals surface area contributed by atoms with Gasteiger partial charge in [-0.15, -0.1) is 0 Å². The molecule has 1 fully saturated rings. The molecule has 0 bridgehead atoms. The number of ether oxygens (including phenoxy) is 1. The van der Waals surface area contributed by atoms with Gasteiger partial charge in [0.15, 0.2) is 0 Å².